The smallest absolute Gasteiger partial charge is 0.118 e. The third kappa shape index (κ3) is 4.33. The molecule has 0 aliphatic heterocycles. The minimum atomic E-state index is 0.353. The van der Waals surface area contributed by atoms with Gasteiger partial charge in [-0.1, -0.05) is 19.1 Å². The number of nitrogens with one attached hydrogen (secondary N) is 1. The Bertz CT molecular complexity index is 524. The average Bonchev–Trinajstić information content (AvgIpc) is 2.89. The molecule has 2 nitrogen and oxygen atoms in total. The highest BCUT2D eigenvalue weighted by Crippen LogP contribution is 2.27. The van der Waals surface area contributed by atoms with E-state index in [9.17, 15) is 0 Å². The van der Waals surface area contributed by atoms with E-state index in [4.69, 9.17) is 4.74 Å². The van der Waals surface area contributed by atoms with Crippen molar-refractivity contribution in [3.05, 3.63) is 50.6 Å². The van der Waals surface area contributed by atoms with Crippen molar-refractivity contribution in [2.75, 3.05) is 13.7 Å². The molecule has 1 atom stereocenters. The van der Waals surface area contributed by atoms with Crippen LogP contribution in [0.1, 0.15) is 29.8 Å². The first-order valence-corrected chi connectivity index (χ1v) is 8.45. The molecule has 0 saturated heterocycles. The molecule has 0 spiro atoms. The van der Waals surface area contributed by atoms with Gasteiger partial charge < -0.3 is 10.1 Å². The molecule has 0 bridgehead atoms. The molecule has 1 heterocycles. The second-order valence-corrected chi connectivity index (χ2v) is 7.24. The van der Waals surface area contributed by atoms with Crippen molar-refractivity contribution < 1.29 is 4.74 Å². The van der Waals surface area contributed by atoms with E-state index in [1.807, 2.05) is 12.1 Å². The van der Waals surface area contributed by atoms with E-state index in [1.54, 1.807) is 18.4 Å². The molecule has 0 aliphatic carbocycles. The molecule has 1 N–H and O–H groups in total. The Balaban J connectivity index is 2.12. The molecule has 1 aromatic heterocycles. The van der Waals surface area contributed by atoms with Crippen molar-refractivity contribution in [3.63, 3.8) is 0 Å². The van der Waals surface area contributed by atoms with Crippen molar-refractivity contribution in [1.29, 1.82) is 0 Å². The number of halogens is 1. The summed E-state index contributed by atoms with van der Waals surface area (Å²) in [5, 5.41) is 3.63. The summed E-state index contributed by atoms with van der Waals surface area (Å²) in [7, 11) is 1.70. The average molecular weight is 354 g/mol. The van der Waals surface area contributed by atoms with Crippen LogP contribution in [-0.4, -0.2) is 13.7 Å². The molecule has 4 heteroatoms. The normalized spacial score (nSPS) is 12.3. The molecule has 1 unspecified atom stereocenters. The topological polar surface area (TPSA) is 21.3 Å². The van der Waals surface area contributed by atoms with Crippen LogP contribution in [0.3, 0.4) is 0 Å². The van der Waals surface area contributed by atoms with Crippen molar-refractivity contribution in [1.82, 2.24) is 5.32 Å². The molecule has 0 amide bonds. The summed E-state index contributed by atoms with van der Waals surface area (Å²) in [6, 6.07) is 13.0. The van der Waals surface area contributed by atoms with E-state index < -0.39 is 0 Å². The summed E-state index contributed by atoms with van der Waals surface area (Å²) in [5.41, 5.74) is 1.31. The zero-order valence-electron chi connectivity index (χ0n) is 11.9. The van der Waals surface area contributed by atoms with E-state index in [1.165, 1.54) is 14.2 Å². The monoisotopic (exact) mass is 353 g/mol. The van der Waals surface area contributed by atoms with Gasteiger partial charge >= 0.3 is 0 Å². The predicted molar refractivity (Wildman–Crippen MR) is 89.8 cm³/mol. The van der Waals surface area contributed by atoms with Crippen LogP contribution < -0.4 is 10.1 Å². The SMILES string of the molecule is CCCNC(Cc1ccc(Br)s1)c1ccc(OC)cc1. The fourth-order valence-corrected chi connectivity index (χ4v) is 3.65. The standard InChI is InChI=1S/C16H20BrNOS/c1-3-10-18-15(11-14-8-9-16(17)20-14)12-4-6-13(19-2)7-5-12/h4-9,15,18H,3,10-11H2,1-2H3. The van der Waals surface area contributed by atoms with Crippen molar-refractivity contribution in [3.8, 4) is 5.75 Å². The van der Waals surface area contributed by atoms with Crippen LogP contribution in [0.15, 0.2) is 40.2 Å². The first kappa shape index (κ1) is 15.5. The Kier molecular flexibility index (Phi) is 6.07. The van der Waals surface area contributed by atoms with Gasteiger partial charge in [-0.2, -0.15) is 0 Å². The van der Waals surface area contributed by atoms with Crippen LogP contribution >= 0.6 is 27.3 Å². The Labute approximate surface area is 133 Å². The number of hydrogen-bond donors (Lipinski definition) is 1. The summed E-state index contributed by atoms with van der Waals surface area (Å²) in [5.74, 6) is 0.904. The number of rotatable bonds is 7. The van der Waals surface area contributed by atoms with Gasteiger partial charge in [0.05, 0.1) is 10.9 Å². The van der Waals surface area contributed by atoms with Crippen LogP contribution in [0.25, 0.3) is 0 Å². The van der Waals surface area contributed by atoms with Gasteiger partial charge in [0.15, 0.2) is 0 Å². The van der Waals surface area contributed by atoms with Crippen molar-refractivity contribution in [2.24, 2.45) is 0 Å². The van der Waals surface area contributed by atoms with Gasteiger partial charge in [0.25, 0.3) is 0 Å². The van der Waals surface area contributed by atoms with Gasteiger partial charge in [-0.3, -0.25) is 0 Å². The lowest BCUT2D eigenvalue weighted by molar-refractivity contribution is 0.414. The first-order valence-electron chi connectivity index (χ1n) is 6.84. The van der Waals surface area contributed by atoms with E-state index >= 15 is 0 Å². The highest BCUT2D eigenvalue weighted by atomic mass is 79.9. The maximum atomic E-state index is 5.23. The zero-order chi connectivity index (χ0) is 14.4. The second kappa shape index (κ2) is 7.81. The fraction of sp³-hybridized carbons (Fsp3) is 0.375. The van der Waals surface area contributed by atoms with Crippen LogP contribution in [-0.2, 0) is 6.42 Å². The summed E-state index contributed by atoms with van der Waals surface area (Å²) < 4.78 is 6.42. The first-order chi connectivity index (χ1) is 9.72. The number of thiophene rings is 1. The Morgan fingerprint density at radius 1 is 1.20 bits per heavy atom. The van der Waals surface area contributed by atoms with Crippen molar-refractivity contribution >= 4 is 27.3 Å². The van der Waals surface area contributed by atoms with Crippen LogP contribution in [0, 0.1) is 0 Å². The molecule has 2 rings (SSSR count). The van der Waals surface area contributed by atoms with Gasteiger partial charge in [0.1, 0.15) is 5.75 Å². The van der Waals surface area contributed by atoms with E-state index in [0.29, 0.717) is 6.04 Å². The van der Waals surface area contributed by atoms with Crippen LogP contribution in [0.5, 0.6) is 5.75 Å². The largest absolute Gasteiger partial charge is 0.497 e. The minimum absolute atomic E-state index is 0.353. The zero-order valence-corrected chi connectivity index (χ0v) is 14.3. The molecule has 108 valence electrons. The summed E-state index contributed by atoms with van der Waals surface area (Å²) in [6.07, 6.45) is 2.16. The van der Waals surface area contributed by atoms with Gasteiger partial charge in [-0.05, 0) is 58.7 Å². The highest BCUT2D eigenvalue weighted by molar-refractivity contribution is 9.11. The molecule has 2 aromatic rings. The molecular formula is C16H20BrNOS. The fourth-order valence-electron chi connectivity index (χ4n) is 2.13. The molecule has 0 radical (unpaired) electrons. The Morgan fingerprint density at radius 3 is 2.50 bits per heavy atom. The summed E-state index contributed by atoms with van der Waals surface area (Å²) >= 11 is 5.34. The predicted octanol–water partition coefficient (Wildman–Crippen LogP) is 4.80. The van der Waals surface area contributed by atoms with Crippen LogP contribution in [0.4, 0.5) is 0 Å². The van der Waals surface area contributed by atoms with Gasteiger partial charge in [-0.25, -0.2) is 0 Å². The molecule has 0 fully saturated rings. The molecule has 0 aliphatic rings. The molecule has 1 aromatic carbocycles. The van der Waals surface area contributed by atoms with E-state index in [0.717, 1.165) is 25.1 Å². The number of hydrogen-bond acceptors (Lipinski definition) is 3. The molecule has 20 heavy (non-hydrogen) atoms. The quantitative estimate of drug-likeness (QED) is 0.771. The summed E-state index contributed by atoms with van der Waals surface area (Å²) in [6.45, 7) is 3.23. The lowest BCUT2D eigenvalue weighted by Gasteiger charge is -2.18. The summed E-state index contributed by atoms with van der Waals surface area (Å²) in [4.78, 5) is 1.39. The second-order valence-electron chi connectivity index (χ2n) is 4.69. The maximum Gasteiger partial charge on any atom is 0.118 e. The molecule has 0 saturated carbocycles. The van der Waals surface area contributed by atoms with E-state index in [2.05, 4.69) is 52.4 Å². The maximum absolute atomic E-state index is 5.23. The minimum Gasteiger partial charge on any atom is -0.497 e. The highest BCUT2D eigenvalue weighted by Gasteiger charge is 2.13. The molecular weight excluding hydrogens is 334 g/mol. The number of ether oxygens (including phenoxy) is 1. The third-order valence-electron chi connectivity index (χ3n) is 3.19. The number of methoxy groups -OCH3 is 1. The van der Waals surface area contributed by atoms with Gasteiger partial charge in [0.2, 0.25) is 0 Å². The Morgan fingerprint density at radius 2 is 1.95 bits per heavy atom. The van der Waals surface area contributed by atoms with E-state index in [-0.39, 0.29) is 0 Å². The lowest BCUT2D eigenvalue weighted by Crippen LogP contribution is -2.23. The van der Waals surface area contributed by atoms with Gasteiger partial charge in [-0.15, -0.1) is 11.3 Å². The lowest BCUT2D eigenvalue weighted by atomic mass is 10.0. The van der Waals surface area contributed by atoms with Crippen molar-refractivity contribution in [2.45, 2.75) is 25.8 Å². The number of benzene rings is 1. The van der Waals surface area contributed by atoms with Gasteiger partial charge in [0, 0.05) is 17.3 Å². The third-order valence-corrected chi connectivity index (χ3v) is 4.84. The Hall–Kier alpha value is -0.840. The van der Waals surface area contributed by atoms with Crippen LogP contribution in [0.2, 0.25) is 0 Å².